The molecule has 1 fully saturated rings. The van der Waals surface area contributed by atoms with Gasteiger partial charge >= 0.3 is 6.03 Å². The molecular formula is C17H25ClN2O2. The Labute approximate surface area is 137 Å². The molecule has 0 aromatic heterocycles. The van der Waals surface area contributed by atoms with Gasteiger partial charge in [-0.3, -0.25) is 0 Å². The summed E-state index contributed by atoms with van der Waals surface area (Å²) < 4.78 is 0. The zero-order chi connectivity index (χ0) is 16.3. The van der Waals surface area contributed by atoms with E-state index in [0.29, 0.717) is 10.9 Å². The lowest BCUT2D eigenvalue weighted by molar-refractivity contribution is 0.0520. The lowest BCUT2D eigenvalue weighted by Gasteiger charge is -2.36. The predicted octanol–water partition coefficient (Wildman–Crippen LogP) is 3.59. The number of benzene rings is 1. The van der Waals surface area contributed by atoms with Crippen LogP contribution in [-0.2, 0) is 0 Å². The van der Waals surface area contributed by atoms with E-state index < -0.39 is 5.60 Å². The highest BCUT2D eigenvalue weighted by atomic mass is 35.5. The first kappa shape index (κ1) is 17.1. The van der Waals surface area contributed by atoms with Crippen molar-refractivity contribution in [2.45, 2.75) is 44.8 Å². The SMILES string of the molecule is CN(CC(C)(C)O)C(=O)NC(c1ccc(Cl)cc1)C1CCC1. The largest absolute Gasteiger partial charge is 0.389 e. The molecule has 0 saturated heterocycles. The first-order valence-electron chi connectivity index (χ1n) is 7.76. The van der Waals surface area contributed by atoms with Gasteiger partial charge in [0.15, 0.2) is 0 Å². The second-order valence-electron chi connectivity index (χ2n) is 6.84. The summed E-state index contributed by atoms with van der Waals surface area (Å²) in [5.74, 6) is 0.473. The van der Waals surface area contributed by atoms with Crippen molar-refractivity contribution in [2.24, 2.45) is 5.92 Å². The summed E-state index contributed by atoms with van der Waals surface area (Å²) in [5, 5.41) is 13.7. The van der Waals surface area contributed by atoms with E-state index in [9.17, 15) is 9.90 Å². The normalized spacial score (nSPS) is 16.8. The summed E-state index contributed by atoms with van der Waals surface area (Å²) >= 11 is 5.95. The number of amides is 2. The first-order chi connectivity index (χ1) is 10.3. The van der Waals surface area contributed by atoms with Gasteiger partial charge in [0, 0.05) is 12.1 Å². The summed E-state index contributed by atoms with van der Waals surface area (Å²) in [6.07, 6.45) is 3.47. The van der Waals surface area contributed by atoms with E-state index >= 15 is 0 Å². The quantitative estimate of drug-likeness (QED) is 0.869. The Morgan fingerprint density at radius 2 is 2.00 bits per heavy atom. The van der Waals surface area contributed by atoms with Crippen LogP contribution in [0.3, 0.4) is 0 Å². The van der Waals surface area contributed by atoms with Gasteiger partial charge in [0.2, 0.25) is 0 Å². The molecule has 1 atom stereocenters. The highest BCUT2D eigenvalue weighted by Gasteiger charge is 2.31. The molecular weight excluding hydrogens is 300 g/mol. The zero-order valence-corrected chi connectivity index (χ0v) is 14.2. The summed E-state index contributed by atoms with van der Waals surface area (Å²) in [4.78, 5) is 13.9. The molecule has 0 radical (unpaired) electrons. The average Bonchev–Trinajstić information content (AvgIpc) is 2.34. The van der Waals surface area contributed by atoms with Crippen LogP contribution in [0.4, 0.5) is 4.79 Å². The van der Waals surface area contributed by atoms with Crippen LogP contribution < -0.4 is 5.32 Å². The number of rotatable bonds is 5. The Kier molecular flexibility index (Phi) is 5.35. The molecule has 0 aliphatic heterocycles. The summed E-state index contributed by atoms with van der Waals surface area (Å²) in [5.41, 5.74) is 0.178. The highest BCUT2D eigenvalue weighted by molar-refractivity contribution is 6.30. The molecule has 2 rings (SSSR count). The number of hydrogen-bond donors (Lipinski definition) is 2. The molecule has 0 bridgehead atoms. The van der Waals surface area contributed by atoms with Crippen molar-refractivity contribution >= 4 is 17.6 Å². The maximum atomic E-state index is 12.4. The number of nitrogens with zero attached hydrogens (tertiary/aromatic N) is 1. The molecule has 1 aromatic carbocycles. The lowest BCUT2D eigenvalue weighted by atomic mass is 9.77. The van der Waals surface area contributed by atoms with E-state index in [2.05, 4.69) is 5.32 Å². The fraction of sp³-hybridized carbons (Fsp3) is 0.588. The first-order valence-corrected chi connectivity index (χ1v) is 8.13. The van der Waals surface area contributed by atoms with Crippen LogP contribution in [0.2, 0.25) is 5.02 Å². The average molecular weight is 325 g/mol. The van der Waals surface area contributed by atoms with Gasteiger partial charge in [-0.1, -0.05) is 30.2 Å². The van der Waals surface area contributed by atoms with Crippen LogP contribution in [-0.4, -0.2) is 35.2 Å². The van der Waals surface area contributed by atoms with E-state index in [1.54, 1.807) is 20.9 Å². The van der Waals surface area contributed by atoms with Crippen molar-refractivity contribution in [1.82, 2.24) is 10.2 Å². The Morgan fingerprint density at radius 3 is 2.45 bits per heavy atom. The molecule has 1 saturated carbocycles. The summed E-state index contributed by atoms with van der Waals surface area (Å²) in [7, 11) is 1.70. The van der Waals surface area contributed by atoms with Gasteiger partial charge in [0.1, 0.15) is 0 Å². The molecule has 1 aliphatic carbocycles. The summed E-state index contributed by atoms with van der Waals surface area (Å²) in [6.45, 7) is 3.68. The topological polar surface area (TPSA) is 52.6 Å². The fourth-order valence-electron chi connectivity index (χ4n) is 2.81. The smallest absolute Gasteiger partial charge is 0.317 e. The van der Waals surface area contributed by atoms with Gasteiger partial charge in [-0.25, -0.2) is 4.79 Å². The van der Waals surface area contributed by atoms with E-state index in [1.165, 1.54) is 11.3 Å². The Bertz CT molecular complexity index is 506. The van der Waals surface area contributed by atoms with Crippen LogP contribution in [0.25, 0.3) is 0 Å². The Balaban J connectivity index is 2.07. The van der Waals surface area contributed by atoms with Crippen molar-refractivity contribution in [3.8, 4) is 0 Å². The van der Waals surface area contributed by atoms with E-state index in [0.717, 1.165) is 18.4 Å². The second-order valence-corrected chi connectivity index (χ2v) is 7.27. The van der Waals surface area contributed by atoms with E-state index in [4.69, 9.17) is 11.6 Å². The van der Waals surface area contributed by atoms with E-state index in [1.807, 2.05) is 24.3 Å². The molecule has 122 valence electrons. The number of carbonyl (C=O) groups excluding carboxylic acids is 1. The van der Waals surface area contributed by atoms with Crippen LogP contribution in [0.15, 0.2) is 24.3 Å². The molecule has 2 amide bonds. The third-order valence-corrected chi connectivity index (χ3v) is 4.35. The zero-order valence-electron chi connectivity index (χ0n) is 13.5. The van der Waals surface area contributed by atoms with Crippen molar-refractivity contribution in [1.29, 1.82) is 0 Å². The minimum atomic E-state index is -0.904. The number of aliphatic hydroxyl groups is 1. The minimum absolute atomic E-state index is 0.00257. The molecule has 1 aliphatic rings. The molecule has 1 unspecified atom stereocenters. The van der Waals surface area contributed by atoms with Gasteiger partial charge in [0.25, 0.3) is 0 Å². The van der Waals surface area contributed by atoms with Gasteiger partial charge in [0.05, 0.1) is 18.2 Å². The molecule has 5 heteroatoms. The molecule has 2 N–H and O–H groups in total. The number of nitrogens with one attached hydrogen (secondary N) is 1. The van der Waals surface area contributed by atoms with Gasteiger partial charge in [-0.15, -0.1) is 0 Å². The number of halogens is 1. The van der Waals surface area contributed by atoms with Gasteiger partial charge in [-0.05, 0) is 50.3 Å². The number of hydrogen-bond acceptors (Lipinski definition) is 2. The van der Waals surface area contributed by atoms with Crippen LogP contribution in [0.5, 0.6) is 0 Å². The van der Waals surface area contributed by atoms with Gasteiger partial charge in [-0.2, -0.15) is 0 Å². The molecule has 4 nitrogen and oxygen atoms in total. The summed E-state index contributed by atoms with van der Waals surface area (Å²) in [6, 6.07) is 7.50. The number of carbonyl (C=O) groups is 1. The standard InChI is InChI=1S/C17H25ClN2O2/c1-17(2,22)11-20(3)16(21)19-15(12-5-4-6-12)13-7-9-14(18)10-8-13/h7-10,12,15,22H,4-6,11H2,1-3H3,(H,19,21). The van der Waals surface area contributed by atoms with Crippen molar-refractivity contribution in [3.05, 3.63) is 34.9 Å². The maximum Gasteiger partial charge on any atom is 0.317 e. The lowest BCUT2D eigenvalue weighted by Crippen LogP contribution is -2.47. The van der Waals surface area contributed by atoms with Crippen LogP contribution in [0, 0.1) is 5.92 Å². The van der Waals surface area contributed by atoms with Crippen molar-refractivity contribution in [3.63, 3.8) is 0 Å². The minimum Gasteiger partial charge on any atom is -0.389 e. The highest BCUT2D eigenvalue weighted by Crippen LogP contribution is 2.38. The Hall–Kier alpha value is -1.26. The third-order valence-electron chi connectivity index (χ3n) is 4.10. The van der Waals surface area contributed by atoms with E-state index in [-0.39, 0.29) is 18.6 Å². The molecule has 0 heterocycles. The van der Waals surface area contributed by atoms with Crippen molar-refractivity contribution < 1.29 is 9.90 Å². The Morgan fingerprint density at radius 1 is 1.41 bits per heavy atom. The molecule has 1 aromatic rings. The molecule has 22 heavy (non-hydrogen) atoms. The number of urea groups is 1. The maximum absolute atomic E-state index is 12.4. The second kappa shape index (κ2) is 6.88. The predicted molar refractivity (Wildman–Crippen MR) is 89.0 cm³/mol. The molecule has 0 spiro atoms. The van der Waals surface area contributed by atoms with Crippen LogP contribution >= 0.6 is 11.6 Å². The third kappa shape index (κ3) is 4.62. The number of likely N-dealkylation sites (N-methyl/N-ethyl adjacent to an activating group) is 1. The van der Waals surface area contributed by atoms with Crippen molar-refractivity contribution in [2.75, 3.05) is 13.6 Å². The van der Waals surface area contributed by atoms with Gasteiger partial charge < -0.3 is 15.3 Å². The fourth-order valence-corrected chi connectivity index (χ4v) is 2.94. The van der Waals surface area contributed by atoms with Crippen LogP contribution in [0.1, 0.15) is 44.7 Å². The monoisotopic (exact) mass is 324 g/mol.